The number of aliphatic hydroxyl groups excluding tert-OH is 1. The summed E-state index contributed by atoms with van der Waals surface area (Å²) in [6.45, 7) is 1.82. The summed E-state index contributed by atoms with van der Waals surface area (Å²) < 4.78 is 0. The van der Waals surface area contributed by atoms with Gasteiger partial charge in [-0.05, 0) is 19.3 Å². The monoisotopic (exact) mass is 289 g/mol. The highest BCUT2D eigenvalue weighted by Crippen LogP contribution is 2.37. The lowest BCUT2D eigenvalue weighted by Gasteiger charge is -2.38. The summed E-state index contributed by atoms with van der Waals surface area (Å²) >= 11 is 3.39. The third-order valence-electron chi connectivity index (χ3n) is 4.01. The molecule has 1 N–H and O–H groups in total. The first-order valence-electron chi connectivity index (χ1n) is 6.21. The molecule has 2 rings (SSSR count). The molecule has 1 aliphatic heterocycles. The van der Waals surface area contributed by atoms with Crippen LogP contribution in [-0.2, 0) is 4.79 Å². The predicted octanol–water partition coefficient (Wildman–Crippen LogP) is 1.93. The fourth-order valence-electron chi connectivity index (χ4n) is 2.93. The van der Waals surface area contributed by atoms with E-state index in [4.69, 9.17) is 0 Å². The minimum Gasteiger partial charge on any atom is -0.396 e. The molecule has 1 atom stereocenters. The van der Waals surface area contributed by atoms with Gasteiger partial charge in [0.2, 0.25) is 5.91 Å². The van der Waals surface area contributed by atoms with Gasteiger partial charge in [0.15, 0.2) is 0 Å². The van der Waals surface area contributed by atoms with E-state index in [1.807, 2.05) is 4.90 Å². The minimum absolute atomic E-state index is 0.00633. The second-order valence-electron chi connectivity index (χ2n) is 5.23. The van der Waals surface area contributed by atoms with Crippen LogP contribution in [0.2, 0.25) is 0 Å². The van der Waals surface area contributed by atoms with Crippen LogP contribution in [0.3, 0.4) is 0 Å². The number of hydrogen-bond donors (Lipinski definition) is 1. The number of rotatable bonds is 3. The van der Waals surface area contributed by atoms with E-state index >= 15 is 0 Å². The van der Waals surface area contributed by atoms with E-state index in [1.165, 1.54) is 19.3 Å². The zero-order valence-electron chi connectivity index (χ0n) is 9.62. The molecule has 16 heavy (non-hydrogen) atoms. The Morgan fingerprint density at radius 1 is 1.38 bits per heavy atom. The zero-order chi connectivity index (χ0) is 11.6. The Labute approximate surface area is 105 Å². The smallest absolute Gasteiger partial charge is 0.236 e. The number of nitrogens with zero attached hydrogens (tertiary/aromatic N) is 1. The van der Waals surface area contributed by atoms with E-state index in [0.29, 0.717) is 0 Å². The molecule has 4 heteroatoms. The van der Waals surface area contributed by atoms with Crippen molar-refractivity contribution in [1.82, 2.24) is 4.90 Å². The number of aliphatic hydroxyl groups is 1. The average Bonchev–Trinajstić information content (AvgIpc) is 2.62. The van der Waals surface area contributed by atoms with Gasteiger partial charge in [0.1, 0.15) is 0 Å². The van der Waals surface area contributed by atoms with Gasteiger partial charge in [-0.1, -0.05) is 35.2 Å². The quantitative estimate of drug-likeness (QED) is 0.807. The Morgan fingerprint density at radius 3 is 2.56 bits per heavy atom. The van der Waals surface area contributed by atoms with Gasteiger partial charge in [0.05, 0.1) is 11.4 Å². The number of carbonyl (C=O) groups is 1. The Hall–Kier alpha value is -0.0900. The number of amides is 1. The third-order valence-corrected chi connectivity index (χ3v) is 4.86. The van der Waals surface area contributed by atoms with Gasteiger partial charge in [-0.3, -0.25) is 4.79 Å². The Morgan fingerprint density at radius 2 is 2.06 bits per heavy atom. The highest BCUT2D eigenvalue weighted by atomic mass is 79.9. The lowest BCUT2D eigenvalue weighted by Crippen LogP contribution is -2.42. The first-order valence-corrected chi connectivity index (χ1v) is 7.12. The molecule has 2 fully saturated rings. The Kier molecular flexibility index (Phi) is 3.90. The van der Waals surface area contributed by atoms with Crippen molar-refractivity contribution in [2.24, 2.45) is 5.41 Å². The van der Waals surface area contributed by atoms with Crippen molar-refractivity contribution in [2.75, 3.05) is 19.7 Å². The van der Waals surface area contributed by atoms with Crippen molar-refractivity contribution < 1.29 is 9.90 Å². The topological polar surface area (TPSA) is 40.5 Å². The highest BCUT2D eigenvalue weighted by Gasteiger charge is 2.38. The molecule has 0 aromatic heterocycles. The maximum atomic E-state index is 11.8. The second-order valence-corrected chi connectivity index (χ2v) is 6.34. The van der Waals surface area contributed by atoms with Crippen LogP contribution in [0.1, 0.15) is 38.5 Å². The average molecular weight is 290 g/mol. The molecular formula is C12H20BrNO2. The van der Waals surface area contributed by atoms with E-state index in [1.54, 1.807) is 0 Å². The van der Waals surface area contributed by atoms with Crippen LogP contribution < -0.4 is 0 Å². The van der Waals surface area contributed by atoms with Crippen molar-refractivity contribution in [3.8, 4) is 0 Å². The molecule has 1 saturated heterocycles. The number of hydrogen-bond acceptors (Lipinski definition) is 2. The molecule has 0 spiro atoms. The van der Waals surface area contributed by atoms with Crippen LogP contribution >= 0.6 is 15.9 Å². The molecule has 0 aromatic rings. The molecular weight excluding hydrogens is 270 g/mol. The largest absolute Gasteiger partial charge is 0.396 e. The first-order chi connectivity index (χ1) is 7.67. The summed E-state index contributed by atoms with van der Waals surface area (Å²) in [6.07, 6.45) is 6.71. The van der Waals surface area contributed by atoms with Crippen LogP contribution in [0, 0.1) is 5.41 Å². The van der Waals surface area contributed by atoms with Gasteiger partial charge in [0, 0.05) is 18.5 Å². The normalized spacial score (nSPS) is 29.8. The summed E-state index contributed by atoms with van der Waals surface area (Å²) in [5, 5.41) is 9.60. The van der Waals surface area contributed by atoms with Gasteiger partial charge in [-0.25, -0.2) is 0 Å². The molecule has 1 aliphatic carbocycles. The molecule has 1 heterocycles. The fourth-order valence-corrected chi connectivity index (χ4v) is 3.43. The SMILES string of the molecule is O=C1C(Br)CCN1CC1(CO)CCCCC1. The molecule has 2 aliphatic rings. The van der Waals surface area contributed by atoms with Crippen LogP contribution in [0.4, 0.5) is 0 Å². The van der Waals surface area contributed by atoms with E-state index in [0.717, 1.165) is 32.4 Å². The van der Waals surface area contributed by atoms with Crippen LogP contribution in [0.5, 0.6) is 0 Å². The Bertz CT molecular complexity index is 264. The molecule has 0 radical (unpaired) electrons. The maximum Gasteiger partial charge on any atom is 0.236 e. The standard InChI is InChI=1S/C12H20BrNO2/c13-10-4-7-14(11(10)16)8-12(9-15)5-2-1-3-6-12/h10,15H,1-9H2. The van der Waals surface area contributed by atoms with Gasteiger partial charge in [-0.2, -0.15) is 0 Å². The van der Waals surface area contributed by atoms with Crippen molar-refractivity contribution in [3.63, 3.8) is 0 Å². The molecule has 1 unspecified atom stereocenters. The molecule has 3 nitrogen and oxygen atoms in total. The van der Waals surface area contributed by atoms with Gasteiger partial charge in [-0.15, -0.1) is 0 Å². The van der Waals surface area contributed by atoms with E-state index in [2.05, 4.69) is 15.9 Å². The zero-order valence-corrected chi connectivity index (χ0v) is 11.2. The minimum atomic E-state index is -0.00896. The van der Waals surface area contributed by atoms with Gasteiger partial charge >= 0.3 is 0 Å². The second kappa shape index (κ2) is 5.05. The summed E-state index contributed by atoms with van der Waals surface area (Å²) in [5.41, 5.74) is -0.00896. The van der Waals surface area contributed by atoms with Crippen molar-refractivity contribution in [3.05, 3.63) is 0 Å². The highest BCUT2D eigenvalue weighted by molar-refractivity contribution is 9.10. The lowest BCUT2D eigenvalue weighted by molar-refractivity contribution is -0.129. The van der Waals surface area contributed by atoms with Crippen LogP contribution in [-0.4, -0.2) is 40.4 Å². The van der Waals surface area contributed by atoms with Gasteiger partial charge < -0.3 is 10.0 Å². The number of halogens is 1. The van der Waals surface area contributed by atoms with E-state index in [9.17, 15) is 9.90 Å². The lowest BCUT2D eigenvalue weighted by atomic mass is 9.74. The predicted molar refractivity (Wildman–Crippen MR) is 66.5 cm³/mol. The molecule has 1 amide bonds. The molecule has 92 valence electrons. The molecule has 1 saturated carbocycles. The van der Waals surface area contributed by atoms with E-state index in [-0.39, 0.29) is 22.8 Å². The van der Waals surface area contributed by atoms with Crippen LogP contribution in [0.15, 0.2) is 0 Å². The van der Waals surface area contributed by atoms with Crippen molar-refractivity contribution in [1.29, 1.82) is 0 Å². The van der Waals surface area contributed by atoms with E-state index < -0.39 is 0 Å². The fraction of sp³-hybridized carbons (Fsp3) is 0.917. The van der Waals surface area contributed by atoms with Crippen LogP contribution in [0.25, 0.3) is 0 Å². The molecule has 0 bridgehead atoms. The number of alkyl halides is 1. The summed E-state index contributed by atoms with van der Waals surface area (Å²) in [4.78, 5) is 13.8. The van der Waals surface area contributed by atoms with Crippen molar-refractivity contribution >= 4 is 21.8 Å². The summed E-state index contributed by atoms with van der Waals surface area (Å²) in [5.74, 6) is 0.207. The van der Waals surface area contributed by atoms with Crippen molar-refractivity contribution in [2.45, 2.75) is 43.4 Å². The molecule has 0 aromatic carbocycles. The number of carbonyl (C=O) groups excluding carboxylic acids is 1. The maximum absolute atomic E-state index is 11.8. The first kappa shape index (κ1) is 12.4. The summed E-state index contributed by atoms with van der Waals surface area (Å²) in [6, 6.07) is 0. The summed E-state index contributed by atoms with van der Waals surface area (Å²) in [7, 11) is 0. The number of likely N-dealkylation sites (tertiary alicyclic amines) is 1. The van der Waals surface area contributed by atoms with Gasteiger partial charge in [0.25, 0.3) is 0 Å². The Balaban J connectivity index is 1.98. The third kappa shape index (κ3) is 2.43.